The van der Waals surface area contributed by atoms with E-state index in [2.05, 4.69) is 6.92 Å². The van der Waals surface area contributed by atoms with Gasteiger partial charge in [0.05, 0.1) is 12.7 Å². The van der Waals surface area contributed by atoms with Crippen molar-refractivity contribution in [1.82, 2.24) is 0 Å². The standard InChI is InChI=1S/C8H20O3Si2/c1-3-13(11-7-8(2)9)6-4-5-10-12-13/h8-9H,3-7,12H2,1-2H3. The van der Waals surface area contributed by atoms with Gasteiger partial charge in [-0.25, -0.2) is 0 Å². The van der Waals surface area contributed by atoms with Gasteiger partial charge in [-0.15, -0.1) is 0 Å². The Bertz CT molecular complexity index is 146. The molecule has 0 spiro atoms. The van der Waals surface area contributed by atoms with Crippen LogP contribution in [0.1, 0.15) is 20.3 Å². The largest absolute Gasteiger partial charge is 0.424 e. The highest BCUT2D eigenvalue weighted by atomic mass is 29.2. The molecule has 0 saturated carbocycles. The van der Waals surface area contributed by atoms with E-state index in [-0.39, 0.29) is 6.10 Å². The van der Waals surface area contributed by atoms with Crippen molar-refractivity contribution >= 4 is 17.1 Å². The van der Waals surface area contributed by atoms with E-state index in [0.717, 1.165) is 19.1 Å². The number of aliphatic hydroxyl groups is 1. The summed E-state index contributed by atoms with van der Waals surface area (Å²) in [5.74, 6) is 0. The fraction of sp³-hybridized carbons (Fsp3) is 1.00. The molecule has 5 heteroatoms. The van der Waals surface area contributed by atoms with Crippen molar-refractivity contribution in [3.63, 3.8) is 0 Å². The molecule has 0 amide bonds. The second-order valence-corrected chi connectivity index (χ2v) is 13.1. The van der Waals surface area contributed by atoms with Gasteiger partial charge < -0.3 is 14.0 Å². The third-order valence-electron chi connectivity index (χ3n) is 2.56. The lowest BCUT2D eigenvalue weighted by Crippen LogP contribution is -2.50. The molecule has 1 saturated heterocycles. The number of hydrogen-bond donors (Lipinski definition) is 1. The summed E-state index contributed by atoms with van der Waals surface area (Å²) in [6, 6.07) is 2.41. The lowest BCUT2D eigenvalue weighted by atomic mass is 10.5. The Labute approximate surface area is 83.3 Å². The Kier molecular flexibility index (Phi) is 4.61. The summed E-state index contributed by atoms with van der Waals surface area (Å²) in [5, 5.41) is 9.16. The minimum atomic E-state index is -1.46. The van der Waals surface area contributed by atoms with Crippen LogP contribution in [0.25, 0.3) is 0 Å². The van der Waals surface area contributed by atoms with Crippen LogP contribution in [-0.2, 0) is 8.85 Å². The van der Waals surface area contributed by atoms with Crippen LogP contribution in [-0.4, -0.2) is 41.5 Å². The van der Waals surface area contributed by atoms with Crippen LogP contribution in [0.5, 0.6) is 0 Å². The predicted octanol–water partition coefficient (Wildman–Crippen LogP) is 0.350. The Balaban J connectivity index is 2.38. The predicted molar refractivity (Wildman–Crippen MR) is 57.8 cm³/mol. The fourth-order valence-corrected chi connectivity index (χ4v) is 8.80. The van der Waals surface area contributed by atoms with E-state index in [1.807, 2.05) is 0 Å². The van der Waals surface area contributed by atoms with Gasteiger partial charge in [-0.1, -0.05) is 6.92 Å². The van der Waals surface area contributed by atoms with E-state index in [0.29, 0.717) is 6.61 Å². The van der Waals surface area contributed by atoms with Gasteiger partial charge in [0, 0.05) is 6.61 Å². The highest BCUT2D eigenvalue weighted by Crippen LogP contribution is 2.22. The molecule has 1 rings (SSSR count). The highest BCUT2D eigenvalue weighted by Gasteiger charge is 2.36. The van der Waals surface area contributed by atoms with Gasteiger partial charge >= 0.3 is 0 Å². The van der Waals surface area contributed by atoms with Crippen LogP contribution in [0.2, 0.25) is 12.1 Å². The Morgan fingerprint density at radius 2 is 2.46 bits per heavy atom. The minimum Gasteiger partial charge on any atom is -0.424 e. The summed E-state index contributed by atoms with van der Waals surface area (Å²) in [4.78, 5) is 0. The molecule has 0 aromatic rings. The Morgan fingerprint density at radius 3 is 2.92 bits per heavy atom. The molecule has 3 nitrogen and oxygen atoms in total. The molecular formula is C8H20O3Si2. The van der Waals surface area contributed by atoms with Gasteiger partial charge in [-0.05, 0) is 25.4 Å². The number of aliphatic hydroxyl groups excluding tert-OH is 1. The zero-order valence-corrected chi connectivity index (χ0v) is 11.0. The van der Waals surface area contributed by atoms with Crippen LogP contribution in [0.3, 0.4) is 0 Å². The molecule has 2 unspecified atom stereocenters. The van der Waals surface area contributed by atoms with Crippen LogP contribution in [0.4, 0.5) is 0 Å². The SMILES string of the molecule is CC[Si]1(OCC(C)O)CCCO[SiH2]1. The molecule has 1 aliphatic heterocycles. The van der Waals surface area contributed by atoms with Crippen molar-refractivity contribution in [3.05, 3.63) is 0 Å². The van der Waals surface area contributed by atoms with Crippen molar-refractivity contribution in [3.8, 4) is 0 Å². The second-order valence-electron chi connectivity index (χ2n) is 3.85. The first-order valence-corrected chi connectivity index (χ1v) is 10.3. The van der Waals surface area contributed by atoms with Crippen molar-refractivity contribution in [2.24, 2.45) is 0 Å². The van der Waals surface area contributed by atoms with Crippen LogP contribution in [0.15, 0.2) is 0 Å². The van der Waals surface area contributed by atoms with Gasteiger partial charge in [0.2, 0.25) is 7.83 Å². The molecule has 2 atom stereocenters. The Hall–Kier alpha value is 0.314. The molecule has 1 N–H and O–H groups in total. The molecule has 1 aliphatic rings. The maximum Gasteiger partial charge on any atom is 0.203 e. The van der Waals surface area contributed by atoms with Crippen molar-refractivity contribution in [1.29, 1.82) is 0 Å². The summed E-state index contributed by atoms with van der Waals surface area (Å²) in [6.07, 6.45) is 0.833. The molecule has 0 aromatic heterocycles. The topological polar surface area (TPSA) is 38.7 Å². The summed E-state index contributed by atoms with van der Waals surface area (Å²) in [6.45, 7) is 5.44. The molecule has 0 radical (unpaired) electrons. The molecule has 1 fully saturated rings. The summed E-state index contributed by atoms with van der Waals surface area (Å²) in [7, 11) is -1.88. The zero-order valence-electron chi connectivity index (χ0n) is 8.58. The molecule has 0 bridgehead atoms. The van der Waals surface area contributed by atoms with E-state index < -0.39 is 17.1 Å². The van der Waals surface area contributed by atoms with E-state index in [1.165, 1.54) is 6.04 Å². The van der Waals surface area contributed by atoms with Crippen molar-refractivity contribution < 1.29 is 14.0 Å². The molecule has 78 valence electrons. The third-order valence-corrected chi connectivity index (χ3v) is 12.3. The second kappa shape index (κ2) is 5.26. The smallest absolute Gasteiger partial charge is 0.203 e. The van der Waals surface area contributed by atoms with Crippen molar-refractivity contribution in [2.45, 2.75) is 38.5 Å². The molecule has 13 heavy (non-hydrogen) atoms. The maximum absolute atomic E-state index is 9.16. The van der Waals surface area contributed by atoms with E-state index >= 15 is 0 Å². The fourth-order valence-electron chi connectivity index (χ4n) is 1.62. The van der Waals surface area contributed by atoms with Crippen LogP contribution >= 0.6 is 0 Å². The van der Waals surface area contributed by atoms with Gasteiger partial charge in [-0.2, -0.15) is 0 Å². The van der Waals surface area contributed by atoms with Crippen LogP contribution < -0.4 is 0 Å². The number of rotatable bonds is 4. The molecule has 0 aliphatic carbocycles. The van der Waals surface area contributed by atoms with Gasteiger partial charge in [0.15, 0.2) is 9.28 Å². The lowest BCUT2D eigenvalue weighted by Gasteiger charge is -2.33. The summed E-state index contributed by atoms with van der Waals surface area (Å²) in [5.41, 5.74) is 0. The molecular weight excluding hydrogens is 200 g/mol. The van der Waals surface area contributed by atoms with Gasteiger partial charge in [0.25, 0.3) is 0 Å². The molecule has 1 heterocycles. The first-order valence-electron chi connectivity index (χ1n) is 5.08. The zero-order chi connectivity index (χ0) is 9.73. The summed E-state index contributed by atoms with van der Waals surface area (Å²) < 4.78 is 11.5. The van der Waals surface area contributed by atoms with E-state index in [1.54, 1.807) is 6.92 Å². The number of hydrogen-bond acceptors (Lipinski definition) is 3. The van der Waals surface area contributed by atoms with Gasteiger partial charge in [-0.3, -0.25) is 0 Å². The summed E-state index contributed by atoms with van der Waals surface area (Å²) >= 11 is 0. The quantitative estimate of drug-likeness (QED) is 0.695. The maximum atomic E-state index is 9.16. The average Bonchev–Trinajstić information content (AvgIpc) is 2.16. The van der Waals surface area contributed by atoms with Crippen molar-refractivity contribution in [2.75, 3.05) is 13.2 Å². The normalized spacial score (nSPS) is 33.5. The van der Waals surface area contributed by atoms with E-state index in [4.69, 9.17) is 14.0 Å². The lowest BCUT2D eigenvalue weighted by molar-refractivity contribution is 0.117. The first kappa shape index (κ1) is 11.4. The van der Waals surface area contributed by atoms with Crippen LogP contribution in [0, 0.1) is 0 Å². The third kappa shape index (κ3) is 3.51. The first-order chi connectivity index (χ1) is 6.18. The Morgan fingerprint density at radius 1 is 1.69 bits per heavy atom. The minimum absolute atomic E-state index is 0.327. The van der Waals surface area contributed by atoms with Gasteiger partial charge in [0.1, 0.15) is 0 Å². The monoisotopic (exact) mass is 220 g/mol. The van der Waals surface area contributed by atoms with E-state index in [9.17, 15) is 0 Å². The average molecular weight is 220 g/mol. The molecule has 0 aromatic carbocycles. The highest BCUT2D eigenvalue weighted by molar-refractivity contribution is 7.19.